The Morgan fingerprint density at radius 2 is 2.28 bits per heavy atom. The summed E-state index contributed by atoms with van der Waals surface area (Å²) >= 11 is 0. The molecule has 2 aromatic rings. The number of hydrogen-bond acceptors (Lipinski definition) is 5. The molecule has 0 amide bonds. The molecule has 0 atom stereocenters. The predicted molar refractivity (Wildman–Crippen MR) is 67.7 cm³/mol. The maximum absolute atomic E-state index is 5.98. The van der Waals surface area contributed by atoms with Gasteiger partial charge >= 0.3 is 0 Å². The minimum absolute atomic E-state index is 0.617. The van der Waals surface area contributed by atoms with E-state index in [1.54, 1.807) is 0 Å². The third-order valence-corrected chi connectivity index (χ3v) is 3.31. The molecular formula is C13H16N4O. The molecule has 1 aliphatic heterocycles. The van der Waals surface area contributed by atoms with Gasteiger partial charge in [-0.15, -0.1) is 10.2 Å². The van der Waals surface area contributed by atoms with Crippen LogP contribution in [0.1, 0.15) is 22.9 Å². The number of aromatic nitrogens is 2. The zero-order chi connectivity index (χ0) is 12.5. The highest BCUT2D eigenvalue weighted by Crippen LogP contribution is 2.24. The summed E-state index contributed by atoms with van der Waals surface area (Å²) in [4.78, 5) is 2.30. The van der Waals surface area contributed by atoms with Gasteiger partial charge < -0.3 is 10.2 Å². The van der Waals surface area contributed by atoms with E-state index in [-0.39, 0.29) is 0 Å². The number of fused-ring (bicyclic) bond motifs is 1. The van der Waals surface area contributed by atoms with Crippen molar-refractivity contribution < 1.29 is 4.42 Å². The lowest BCUT2D eigenvalue weighted by Gasteiger charge is -2.28. The molecule has 0 saturated carbocycles. The monoisotopic (exact) mass is 244 g/mol. The molecule has 0 spiro atoms. The van der Waals surface area contributed by atoms with Crippen molar-refractivity contribution in [2.24, 2.45) is 0 Å². The summed E-state index contributed by atoms with van der Waals surface area (Å²) in [5, 5.41) is 7.88. The second-order valence-electron chi connectivity index (χ2n) is 4.66. The number of nitrogen functional groups attached to an aromatic ring is 1. The van der Waals surface area contributed by atoms with Crippen molar-refractivity contribution in [1.29, 1.82) is 0 Å². The summed E-state index contributed by atoms with van der Waals surface area (Å²) < 4.78 is 5.41. The zero-order valence-corrected chi connectivity index (χ0v) is 10.4. The number of nitrogens with two attached hydrogens (primary N) is 1. The Morgan fingerprint density at radius 1 is 1.39 bits per heavy atom. The molecule has 0 bridgehead atoms. The van der Waals surface area contributed by atoms with Crippen molar-refractivity contribution in [2.45, 2.75) is 26.4 Å². The Labute approximate surface area is 106 Å². The first-order chi connectivity index (χ1) is 8.72. The van der Waals surface area contributed by atoms with Gasteiger partial charge in [0.2, 0.25) is 11.8 Å². The van der Waals surface area contributed by atoms with E-state index in [4.69, 9.17) is 10.2 Å². The molecule has 2 heterocycles. The number of nitrogens with zero attached hydrogens (tertiary/aromatic N) is 3. The van der Waals surface area contributed by atoms with E-state index in [1.165, 1.54) is 11.1 Å². The smallest absolute Gasteiger partial charge is 0.230 e. The van der Waals surface area contributed by atoms with Crippen LogP contribution in [0.2, 0.25) is 0 Å². The molecule has 0 fully saturated rings. The summed E-state index contributed by atoms with van der Waals surface area (Å²) in [7, 11) is 0. The van der Waals surface area contributed by atoms with Gasteiger partial charge in [0.05, 0.1) is 6.54 Å². The minimum atomic E-state index is 0.617. The van der Waals surface area contributed by atoms with Gasteiger partial charge in [0.25, 0.3) is 0 Å². The Kier molecular flexibility index (Phi) is 2.76. The van der Waals surface area contributed by atoms with Crippen molar-refractivity contribution in [3.8, 4) is 0 Å². The van der Waals surface area contributed by atoms with Gasteiger partial charge in [-0.3, -0.25) is 4.90 Å². The molecule has 18 heavy (non-hydrogen) atoms. The highest BCUT2D eigenvalue weighted by atomic mass is 16.4. The van der Waals surface area contributed by atoms with E-state index in [2.05, 4.69) is 21.2 Å². The van der Waals surface area contributed by atoms with E-state index in [9.17, 15) is 0 Å². The molecule has 0 radical (unpaired) electrons. The van der Waals surface area contributed by atoms with Crippen molar-refractivity contribution in [3.63, 3.8) is 0 Å². The highest BCUT2D eigenvalue weighted by Gasteiger charge is 2.19. The second kappa shape index (κ2) is 4.42. The van der Waals surface area contributed by atoms with Crippen LogP contribution in [-0.4, -0.2) is 21.6 Å². The van der Waals surface area contributed by atoms with Gasteiger partial charge in [-0.05, 0) is 23.6 Å². The summed E-state index contributed by atoms with van der Waals surface area (Å²) in [6.45, 7) is 4.38. The van der Waals surface area contributed by atoms with Crippen molar-refractivity contribution in [3.05, 3.63) is 41.1 Å². The van der Waals surface area contributed by atoms with Crippen LogP contribution >= 0.6 is 0 Å². The van der Waals surface area contributed by atoms with Crippen molar-refractivity contribution in [2.75, 3.05) is 12.3 Å². The summed E-state index contributed by atoms with van der Waals surface area (Å²) in [5.74, 6) is 1.30. The second-order valence-corrected chi connectivity index (χ2v) is 4.66. The minimum Gasteiger partial charge on any atom is -0.424 e. The number of hydrogen-bond donors (Lipinski definition) is 1. The zero-order valence-electron chi connectivity index (χ0n) is 10.4. The average Bonchev–Trinajstić information content (AvgIpc) is 2.75. The summed E-state index contributed by atoms with van der Waals surface area (Å²) in [5.41, 5.74) is 9.48. The van der Waals surface area contributed by atoms with Crippen LogP contribution in [0.4, 0.5) is 5.69 Å². The van der Waals surface area contributed by atoms with Gasteiger partial charge in [-0.2, -0.15) is 0 Å². The first-order valence-electron chi connectivity index (χ1n) is 6.10. The molecule has 1 aliphatic rings. The Hall–Kier alpha value is -1.88. The van der Waals surface area contributed by atoms with E-state index >= 15 is 0 Å². The fourth-order valence-corrected chi connectivity index (χ4v) is 2.43. The van der Waals surface area contributed by atoms with Gasteiger partial charge in [0.1, 0.15) is 0 Å². The molecule has 5 heteroatoms. The first-order valence-corrected chi connectivity index (χ1v) is 6.10. The lowest BCUT2D eigenvalue weighted by Crippen LogP contribution is -2.30. The number of aryl methyl sites for hydroxylation is 1. The lowest BCUT2D eigenvalue weighted by atomic mass is 9.98. The van der Waals surface area contributed by atoms with Gasteiger partial charge in [-0.25, -0.2) is 0 Å². The molecule has 0 aliphatic carbocycles. The fraction of sp³-hybridized carbons (Fsp3) is 0.385. The van der Waals surface area contributed by atoms with Crippen LogP contribution in [0.3, 0.4) is 0 Å². The average molecular weight is 244 g/mol. The maximum Gasteiger partial charge on any atom is 0.230 e. The lowest BCUT2D eigenvalue weighted by molar-refractivity contribution is 0.220. The SMILES string of the molecule is Cc1nnc(CN2CCc3c(N)cccc3C2)o1. The van der Waals surface area contributed by atoms with Crippen LogP contribution in [0.15, 0.2) is 22.6 Å². The van der Waals surface area contributed by atoms with E-state index in [0.29, 0.717) is 18.3 Å². The van der Waals surface area contributed by atoms with Crippen molar-refractivity contribution >= 4 is 5.69 Å². The molecule has 3 rings (SSSR count). The third kappa shape index (κ3) is 2.09. The Balaban J connectivity index is 1.75. The third-order valence-electron chi connectivity index (χ3n) is 3.31. The Morgan fingerprint density at radius 3 is 3.06 bits per heavy atom. The first kappa shape index (κ1) is 11.2. The topological polar surface area (TPSA) is 68.2 Å². The van der Waals surface area contributed by atoms with Gasteiger partial charge in [0, 0.05) is 25.7 Å². The van der Waals surface area contributed by atoms with E-state index in [1.807, 2.05) is 19.1 Å². The molecule has 1 aromatic heterocycles. The Bertz CT molecular complexity index is 564. The van der Waals surface area contributed by atoms with Gasteiger partial charge in [-0.1, -0.05) is 12.1 Å². The highest BCUT2D eigenvalue weighted by molar-refractivity contribution is 5.51. The normalized spacial score (nSPS) is 15.6. The number of benzene rings is 1. The molecule has 94 valence electrons. The van der Waals surface area contributed by atoms with Crippen LogP contribution < -0.4 is 5.73 Å². The molecule has 5 nitrogen and oxygen atoms in total. The molecule has 1 aromatic carbocycles. The summed E-state index contributed by atoms with van der Waals surface area (Å²) in [6, 6.07) is 6.11. The molecule has 2 N–H and O–H groups in total. The number of anilines is 1. The fourth-order valence-electron chi connectivity index (χ4n) is 2.43. The molecule has 0 saturated heterocycles. The van der Waals surface area contributed by atoms with Crippen LogP contribution in [-0.2, 0) is 19.5 Å². The van der Waals surface area contributed by atoms with E-state index < -0.39 is 0 Å². The van der Waals surface area contributed by atoms with Crippen LogP contribution in [0.25, 0.3) is 0 Å². The van der Waals surface area contributed by atoms with E-state index in [0.717, 1.165) is 25.2 Å². The standard InChI is InChI=1S/C13H16N4O/c1-9-15-16-13(18-9)8-17-6-5-11-10(7-17)3-2-4-12(11)14/h2-4H,5-8,14H2,1H3. The number of rotatable bonds is 2. The molecular weight excluding hydrogens is 228 g/mol. The quantitative estimate of drug-likeness (QED) is 0.811. The molecule has 0 unspecified atom stereocenters. The van der Waals surface area contributed by atoms with Crippen LogP contribution in [0.5, 0.6) is 0 Å². The summed E-state index contributed by atoms with van der Waals surface area (Å²) in [6.07, 6.45) is 0.981. The predicted octanol–water partition coefficient (Wildman–Crippen LogP) is 1.52. The van der Waals surface area contributed by atoms with Crippen LogP contribution in [0, 0.1) is 6.92 Å². The maximum atomic E-state index is 5.98. The van der Waals surface area contributed by atoms with Gasteiger partial charge in [0.15, 0.2) is 0 Å². The van der Waals surface area contributed by atoms with Crippen molar-refractivity contribution in [1.82, 2.24) is 15.1 Å². The largest absolute Gasteiger partial charge is 0.424 e.